The summed E-state index contributed by atoms with van der Waals surface area (Å²) < 4.78 is 0. The fraction of sp³-hybridized carbons (Fsp3) is 0. The van der Waals surface area contributed by atoms with Crippen molar-refractivity contribution in [3.05, 3.63) is 28.8 Å². The standard InChI is InChI=1S/C6H2O/c7-5-6-3-1-2-4-6/h3,5H. The zero-order valence-electron chi connectivity index (χ0n) is 3.56. The van der Waals surface area contributed by atoms with E-state index >= 15 is 0 Å². The van der Waals surface area contributed by atoms with Gasteiger partial charge in [0.25, 0.3) is 0 Å². The Balaban J connectivity index is 3.07. The van der Waals surface area contributed by atoms with Crippen LogP contribution in [0.2, 0.25) is 0 Å². The van der Waals surface area contributed by atoms with Gasteiger partial charge in [-0.3, -0.25) is 4.79 Å². The van der Waals surface area contributed by atoms with E-state index in [1.807, 2.05) is 0 Å². The third kappa shape index (κ3) is 0.598. The van der Waals surface area contributed by atoms with Crippen LogP contribution >= 0.6 is 0 Å². The first-order valence-corrected chi connectivity index (χ1v) is 1.85. The Morgan fingerprint density at radius 1 is 1.71 bits per heavy atom. The summed E-state index contributed by atoms with van der Waals surface area (Å²) in [6.07, 6.45) is 2.25. The van der Waals surface area contributed by atoms with Crippen LogP contribution in [0.5, 0.6) is 0 Å². The highest BCUT2D eigenvalue weighted by atomic mass is 16.1. The summed E-state index contributed by atoms with van der Waals surface area (Å²) in [7, 11) is 0. The van der Waals surface area contributed by atoms with Gasteiger partial charge in [-0.2, -0.15) is 0 Å². The molecule has 32 valence electrons. The van der Waals surface area contributed by atoms with Crippen LogP contribution in [0.4, 0.5) is 0 Å². The molecule has 0 fully saturated rings. The molecule has 0 bridgehead atoms. The molecular formula is C6H2O. The van der Waals surface area contributed by atoms with Gasteiger partial charge in [0.1, 0.15) is 0 Å². The summed E-state index contributed by atoms with van der Waals surface area (Å²) in [6.45, 7) is 0. The van der Waals surface area contributed by atoms with E-state index in [1.165, 1.54) is 6.08 Å². The van der Waals surface area contributed by atoms with E-state index in [-0.39, 0.29) is 0 Å². The van der Waals surface area contributed by atoms with Gasteiger partial charge in [0.05, 0.1) is 5.57 Å². The maximum absolute atomic E-state index is 9.80. The highest BCUT2D eigenvalue weighted by Gasteiger charge is 1.83. The maximum atomic E-state index is 9.80. The molecule has 1 aliphatic rings. The Morgan fingerprint density at radius 3 is 2.86 bits per heavy atom. The number of aldehydes is 1. The SMILES string of the molecule is O=CC1=C=C=C=C1. The Hall–Kier alpha value is -1.25. The van der Waals surface area contributed by atoms with Crippen LogP contribution in [0.1, 0.15) is 0 Å². The molecule has 0 radical (unpaired) electrons. The van der Waals surface area contributed by atoms with E-state index in [0.717, 1.165) is 0 Å². The quantitative estimate of drug-likeness (QED) is 0.340. The van der Waals surface area contributed by atoms with Crippen LogP contribution in [0.15, 0.2) is 28.8 Å². The molecule has 1 heteroatoms. The average Bonchev–Trinajstić information content (AvgIpc) is 2.14. The molecule has 0 heterocycles. The van der Waals surface area contributed by atoms with Crippen LogP contribution in [0.3, 0.4) is 0 Å². The molecule has 0 amide bonds. The Labute approximate surface area is 41.0 Å². The van der Waals surface area contributed by atoms with Crippen LogP contribution in [0.25, 0.3) is 0 Å². The van der Waals surface area contributed by atoms with Gasteiger partial charge in [0.2, 0.25) is 0 Å². The summed E-state index contributed by atoms with van der Waals surface area (Å²) in [5.41, 5.74) is 8.12. The lowest BCUT2D eigenvalue weighted by atomic mass is 10.3. The largest absolute Gasteiger partial charge is 0.297 e. The van der Waals surface area contributed by atoms with Crippen molar-refractivity contribution >= 4 is 6.29 Å². The first-order chi connectivity index (χ1) is 3.43. The number of hydrogen-bond acceptors (Lipinski definition) is 1. The fourth-order valence-electron chi connectivity index (χ4n) is 0.322. The Morgan fingerprint density at radius 2 is 2.57 bits per heavy atom. The molecular weight excluding hydrogens is 88.1 g/mol. The molecule has 0 aliphatic heterocycles. The van der Waals surface area contributed by atoms with E-state index in [1.54, 1.807) is 0 Å². The van der Waals surface area contributed by atoms with Gasteiger partial charge < -0.3 is 0 Å². The maximum Gasteiger partial charge on any atom is 0.159 e. The third-order valence-electron chi connectivity index (χ3n) is 0.634. The van der Waals surface area contributed by atoms with Gasteiger partial charge in [-0.1, -0.05) is 5.73 Å². The van der Waals surface area contributed by atoms with Crippen LogP contribution in [-0.2, 0) is 4.79 Å². The van der Waals surface area contributed by atoms with E-state index in [2.05, 4.69) is 17.2 Å². The first-order valence-electron chi connectivity index (χ1n) is 1.85. The minimum absolute atomic E-state index is 0.514. The molecule has 7 heavy (non-hydrogen) atoms. The van der Waals surface area contributed by atoms with Crippen LogP contribution < -0.4 is 0 Å². The summed E-state index contributed by atoms with van der Waals surface area (Å²) in [5.74, 6) is 0. The number of hydrogen-bond donors (Lipinski definition) is 0. The highest BCUT2D eigenvalue weighted by Crippen LogP contribution is 1.89. The Kier molecular flexibility index (Phi) is 0.822. The lowest BCUT2D eigenvalue weighted by Crippen LogP contribution is -1.69. The van der Waals surface area contributed by atoms with Crippen molar-refractivity contribution in [1.82, 2.24) is 0 Å². The molecule has 1 aliphatic carbocycles. The third-order valence-corrected chi connectivity index (χ3v) is 0.634. The first kappa shape index (κ1) is 3.92. The van der Waals surface area contributed by atoms with Crippen LogP contribution in [0, 0.1) is 0 Å². The minimum atomic E-state index is 0.514. The monoisotopic (exact) mass is 90.0 g/mol. The molecule has 0 N–H and O–H groups in total. The van der Waals surface area contributed by atoms with Gasteiger partial charge in [-0.25, -0.2) is 0 Å². The van der Waals surface area contributed by atoms with Crippen molar-refractivity contribution < 1.29 is 4.79 Å². The van der Waals surface area contributed by atoms with Crippen molar-refractivity contribution in [3.8, 4) is 0 Å². The second-order valence-electron chi connectivity index (χ2n) is 1.11. The van der Waals surface area contributed by atoms with E-state index in [9.17, 15) is 4.79 Å². The van der Waals surface area contributed by atoms with E-state index < -0.39 is 0 Å². The summed E-state index contributed by atoms with van der Waals surface area (Å²) >= 11 is 0. The molecule has 0 aromatic rings. The Bertz CT molecular complexity index is 217. The smallest absolute Gasteiger partial charge is 0.159 e. The lowest BCUT2D eigenvalue weighted by Gasteiger charge is -1.66. The van der Waals surface area contributed by atoms with Gasteiger partial charge >= 0.3 is 0 Å². The second-order valence-corrected chi connectivity index (χ2v) is 1.11. The average molecular weight is 90.1 g/mol. The molecule has 0 unspecified atom stereocenters. The minimum Gasteiger partial charge on any atom is -0.297 e. The topological polar surface area (TPSA) is 17.1 Å². The number of allylic oxidation sites excluding steroid dienone is 2. The lowest BCUT2D eigenvalue weighted by molar-refractivity contribution is -0.104. The van der Waals surface area contributed by atoms with Gasteiger partial charge in [-0.05, 0) is 11.5 Å². The van der Waals surface area contributed by atoms with Crippen molar-refractivity contribution in [2.24, 2.45) is 0 Å². The van der Waals surface area contributed by atoms with Crippen LogP contribution in [-0.4, -0.2) is 6.29 Å². The van der Waals surface area contributed by atoms with Crippen molar-refractivity contribution in [3.63, 3.8) is 0 Å². The zero-order valence-corrected chi connectivity index (χ0v) is 3.56. The highest BCUT2D eigenvalue weighted by molar-refractivity contribution is 5.77. The molecule has 0 spiro atoms. The van der Waals surface area contributed by atoms with E-state index in [4.69, 9.17) is 0 Å². The molecule has 0 aromatic heterocycles. The zero-order chi connectivity index (χ0) is 5.11. The second kappa shape index (κ2) is 1.47. The predicted molar refractivity (Wildman–Crippen MR) is 24.7 cm³/mol. The molecule has 1 nitrogen and oxygen atoms in total. The molecule has 0 saturated carbocycles. The predicted octanol–water partition coefficient (Wildman–Crippen LogP) is 0.591. The fourth-order valence-corrected chi connectivity index (χ4v) is 0.322. The number of carbonyl (C=O) groups excluding carboxylic acids is 1. The molecule has 0 aromatic carbocycles. The normalized spacial score (nSPS) is 12.3. The van der Waals surface area contributed by atoms with Crippen molar-refractivity contribution in [1.29, 1.82) is 0 Å². The molecule has 0 saturated heterocycles. The van der Waals surface area contributed by atoms with E-state index in [0.29, 0.717) is 11.9 Å². The number of rotatable bonds is 1. The summed E-state index contributed by atoms with van der Waals surface area (Å²) in [5, 5.41) is 0. The van der Waals surface area contributed by atoms with Crippen molar-refractivity contribution in [2.75, 3.05) is 0 Å². The van der Waals surface area contributed by atoms with Gasteiger partial charge in [0.15, 0.2) is 6.29 Å². The molecule has 1 rings (SSSR count). The summed E-state index contributed by atoms with van der Waals surface area (Å²) in [6, 6.07) is 0. The summed E-state index contributed by atoms with van der Waals surface area (Å²) in [4.78, 5) is 9.80. The number of carbonyl (C=O) groups is 1. The van der Waals surface area contributed by atoms with Gasteiger partial charge in [-0.15, -0.1) is 0 Å². The van der Waals surface area contributed by atoms with Gasteiger partial charge in [0, 0.05) is 6.08 Å². The molecule has 0 atom stereocenters. The van der Waals surface area contributed by atoms with Crippen molar-refractivity contribution in [2.45, 2.75) is 0 Å².